The highest BCUT2D eigenvalue weighted by molar-refractivity contribution is 9.10. The molecule has 1 aliphatic rings. The number of carbonyl (C=O) groups excluding carboxylic acids is 1. The van der Waals surface area contributed by atoms with Crippen LogP contribution in [0.15, 0.2) is 51.8 Å². The highest BCUT2D eigenvalue weighted by atomic mass is 79.9. The Morgan fingerprint density at radius 1 is 1.04 bits per heavy atom. The number of esters is 1. The van der Waals surface area contributed by atoms with E-state index in [1.807, 2.05) is 0 Å². The van der Waals surface area contributed by atoms with Crippen molar-refractivity contribution in [3.8, 4) is 5.75 Å². The van der Waals surface area contributed by atoms with Crippen LogP contribution in [0.2, 0.25) is 0 Å². The zero-order valence-corrected chi connectivity index (χ0v) is 16.2. The highest BCUT2D eigenvalue weighted by Gasteiger charge is 2.26. The number of benzene rings is 2. The lowest BCUT2D eigenvalue weighted by atomic mass is 10.2. The number of hydrogen-bond acceptors (Lipinski definition) is 4. The topological polar surface area (TPSA) is 63.7 Å². The summed E-state index contributed by atoms with van der Waals surface area (Å²) < 4.78 is 45.3. The molecule has 2 aromatic rings. The monoisotopic (exact) mass is 441 g/mol. The van der Waals surface area contributed by atoms with Crippen LogP contribution in [0, 0.1) is 5.82 Å². The molecule has 1 saturated heterocycles. The van der Waals surface area contributed by atoms with Crippen LogP contribution >= 0.6 is 15.9 Å². The third-order valence-electron chi connectivity index (χ3n) is 4.14. The first-order valence-corrected chi connectivity index (χ1v) is 10.4. The van der Waals surface area contributed by atoms with E-state index in [4.69, 9.17) is 4.74 Å². The van der Waals surface area contributed by atoms with E-state index in [0.717, 1.165) is 19.3 Å². The van der Waals surface area contributed by atoms with Gasteiger partial charge in [0.25, 0.3) is 0 Å². The standard InChI is InChI=1S/C18H17BrFNO4S/c19-16-12-14(20)6-9-17(16)25-18(22)13-4-7-15(8-5-13)26(23,24)21-10-2-1-3-11-21/h4-9,12H,1-3,10-11H2. The first kappa shape index (κ1) is 19.0. The average Bonchev–Trinajstić information content (AvgIpc) is 2.65. The molecular formula is C18H17BrFNO4S. The fourth-order valence-electron chi connectivity index (χ4n) is 2.73. The lowest BCUT2D eigenvalue weighted by molar-refractivity contribution is 0.0733. The fraction of sp³-hybridized carbons (Fsp3) is 0.278. The van der Waals surface area contributed by atoms with Gasteiger partial charge in [0.05, 0.1) is 14.9 Å². The smallest absolute Gasteiger partial charge is 0.343 e. The van der Waals surface area contributed by atoms with Gasteiger partial charge < -0.3 is 4.74 Å². The molecule has 0 radical (unpaired) electrons. The number of nitrogens with zero attached hydrogens (tertiary/aromatic N) is 1. The number of rotatable bonds is 4. The molecule has 0 amide bonds. The zero-order valence-electron chi connectivity index (χ0n) is 13.8. The van der Waals surface area contributed by atoms with Crippen molar-refractivity contribution >= 4 is 31.9 Å². The van der Waals surface area contributed by atoms with Crippen molar-refractivity contribution in [3.05, 3.63) is 58.3 Å². The van der Waals surface area contributed by atoms with E-state index >= 15 is 0 Å². The van der Waals surface area contributed by atoms with Gasteiger partial charge in [-0.05, 0) is 71.2 Å². The minimum absolute atomic E-state index is 0.152. The average molecular weight is 442 g/mol. The summed E-state index contributed by atoms with van der Waals surface area (Å²) in [4.78, 5) is 12.4. The molecule has 0 aliphatic carbocycles. The second kappa shape index (κ2) is 7.85. The van der Waals surface area contributed by atoms with E-state index in [1.165, 1.54) is 46.8 Å². The Morgan fingerprint density at radius 2 is 1.69 bits per heavy atom. The number of piperidine rings is 1. The number of sulfonamides is 1. The SMILES string of the molecule is O=C(Oc1ccc(F)cc1Br)c1ccc(S(=O)(=O)N2CCCCC2)cc1. The quantitative estimate of drug-likeness (QED) is 0.531. The Labute approximate surface area is 160 Å². The Kier molecular flexibility index (Phi) is 5.74. The maximum Gasteiger partial charge on any atom is 0.343 e. The van der Waals surface area contributed by atoms with Crippen LogP contribution in [-0.2, 0) is 10.0 Å². The van der Waals surface area contributed by atoms with Crippen molar-refractivity contribution in [2.45, 2.75) is 24.2 Å². The molecule has 0 bridgehead atoms. The largest absolute Gasteiger partial charge is 0.422 e. The summed E-state index contributed by atoms with van der Waals surface area (Å²) in [5, 5.41) is 0. The van der Waals surface area contributed by atoms with Crippen molar-refractivity contribution in [3.63, 3.8) is 0 Å². The number of carbonyl (C=O) groups is 1. The third-order valence-corrected chi connectivity index (χ3v) is 6.67. The Balaban J connectivity index is 1.75. The van der Waals surface area contributed by atoms with E-state index in [0.29, 0.717) is 17.6 Å². The molecule has 1 fully saturated rings. The second-order valence-electron chi connectivity index (χ2n) is 5.95. The second-order valence-corrected chi connectivity index (χ2v) is 8.75. The van der Waals surface area contributed by atoms with Gasteiger partial charge in [-0.3, -0.25) is 0 Å². The predicted octanol–water partition coefficient (Wildman–Crippen LogP) is 3.98. The van der Waals surface area contributed by atoms with E-state index in [1.54, 1.807) is 0 Å². The molecule has 1 aliphatic heterocycles. The van der Waals surface area contributed by atoms with Crippen molar-refractivity contribution in [2.24, 2.45) is 0 Å². The lowest BCUT2D eigenvalue weighted by Crippen LogP contribution is -2.35. The van der Waals surface area contributed by atoms with E-state index in [-0.39, 0.29) is 16.2 Å². The summed E-state index contributed by atoms with van der Waals surface area (Å²) in [5.74, 6) is -0.926. The highest BCUT2D eigenvalue weighted by Crippen LogP contribution is 2.27. The van der Waals surface area contributed by atoms with Crippen LogP contribution < -0.4 is 4.74 Å². The van der Waals surface area contributed by atoms with Crippen LogP contribution in [0.1, 0.15) is 29.6 Å². The Hall–Kier alpha value is -1.77. The predicted molar refractivity (Wildman–Crippen MR) is 98.1 cm³/mol. The molecule has 0 spiro atoms. The minimum atomic E-state index is -3.54. The summed E-state index contributed by atoms with van der Waals surface area (Å²) in [5.41, 5.74) is 0.207. The normalized spacial score (nSPS) is 15.6. The number of halogens is 2. The first-order chi connectivity index (χ1) is 12.4. The van der Waals surface area contributed by atoms with Crippen molar-refractivity contribution in [1.82, 2.24) is 4.31 Å². The van der Waals surface area contributed by atoms with E-state index in [9.17, 15) is 17.6 Å². The molecule has 0 aromatic heterocycles. The van der Waals surface area contributed by atoms with Gasteiger partial charge in [0.2, 0.25) is 10.0 Å². The van der Waals surface area contributed by atoms with Gasteiger partial charge in [-0.25, -0.2) is 17.6 Å². The van der Waals surface area contributed by atoms with Gasteiger partial charge in [0, 0.05) is 13.1 Å². The van der Waals surface area contributed by atoms with Crippen LogP contribution in [0.3, 0.4) is 0 Å². The molecule has 1 heterocycles. The van der Waals surface area contributed by atoms with E-state index in [2.05, 4.69) is 15.9 Å². The minimum Gasteiger partial charge on any atom is -0.422 e. The van der Waals surface area contributed by atoms with Gasteiger partial charge in [0.1, 0.15) is 11.6 Å². The van der Waals surface area contributed by atoms with Crippen molar-refractivity contribution < 1.29 is 22.3 Å². The van der Waals surface area contributed by atoms with Crippen LogP contribution in [0.5, 0.6) is 5.75 Å². The maximum atomic E-state index is 13.1. The molecule has 0 unspecified atom stereocenters. The first-order valence-electron chi connectivity index (χ1n) is 8.15. The summed E-state index contributed by atoms with van der Waals surface area (Å²) >= 11 is 3.13. The molecule has 138 valence electrons. The maximum absolute atomic E-state index is 13.1. The van der Waals surface area contributed by atoms with Crippen LogP contribution in [0.25, 0.3) is 0 Å². The van der Waals surface area contributed by atoms with Gasteiger partial charge in [-0.2, -0.15) is 4.31 Å². The van der Waals surface area contributed by atoms with Crippen molar-refractivity contribution in [1.29, 1.82) is 0 Å². The van der Waals surface area contributed by atoms with Gasteiger partial charge >= 0.3 is 5.97 Å². The summed E-state index contributed by atoms with van der Waals surface area (Å²) in [6.45, 7) is 1.04. The molecule has 26 heavy (non-hydrogen) atoms. The Bertz CT molecular complexity index is 909. The zero-order chi connectivity index (χ0) is 18.7. The molecule has 8 heteroatoms. The molecule has 0 atom stereocenters. The number of ether oxygens (including phenoxy) is 1. The summed E-state index contributed by atoms with van der Waals surface area (Å²) in [6, 6.07) is 9.35. The molecule has 3 rings (SSSR count). The molecule has 5 nitrogen and oxygen atoms in total. The summed E-state index contributed by atoms with van der Waals surface area (Å²) in [7, 11) is -3.54. The van der Waals surface area contributed by atoms with Gasteiger partial charge in [-0.15, -0.1) is 0 Å². The molecule has 2 aromatic carbocycles. The van der Waals surface area contributed by atoms with Gasteiger partial charge in [0.15, 0.2) is 0 Å². The molecule has 0 N–H and O–H groups in total. The summed E-state index contributed by atoms with van der Waals surface area (Å²) in [6.07, 6.45) is 2.75. The van der Waals surface area contributed by atoms with Gasteiger partial charge in [-0.1, -0.05) is 6.42 Å². The van der Waals surface area contributed by atoms with Crippen LogP contribution in [-0.4, -0.2) is 31.8 Å². The van der Waals surface area contributed by atoms with E-state index < -0.39 is 21.8 Å². The fourth-order valence-corrected chi connectivity index (χ4v) is 4.68. The molecule has 0 saturated carbocycles. The Morgan fingerprint density at radius 3 is 2.31 bits per heavy atom. The molecular weight excluding hydrogens is 425 g/mol. The van der Waals surface area contributed by atoms with Crippen molar-refractivity contribution in [2.75, 3.05) is 13.1 Å². The lowest BCUT2D eigenvalue weighted by Gasteiger charge is -2.25. The van der Waals surface area contributed by atoms with Crippen LogP contribution in [0.4, 0.5) is 4.39 Å². The number of hydrogen-bond donors (Lipinski definition) is 0. The third kappa shape index (κ3) is 4.13.